The summed E-state index contributed by atoms with van der Waals surface area (Å²) < 4.78 is 0. The number of nitrogens with zero attached hydrogens (tertiary/aromatic N) is 2. The van der Waals surface area contributed by atoms with Gasteiger partial charge in [0.1, 0.15) is 0 Å². The first-order valence-corrected chi connectivity index (χ1v) is 6.66. The smallest absolute Gasteiger partial charge is 0.0898 e. The van der Waals surface area contributed by atoms with Gasteiger partial charge in [0.25, 0.3) is 0 Å². The molecular weight excluding hydrogens is 230 g/mol. The van der Waals surface area contributed by atoms with Crippen molar-refractivity contribution in [1.82, 2.24) is 15.3 Å². The molecule has 1 N–H and O–H groups in total. The van der Waals surface area contributed by atoms with E-state index in [1.807, 2.05) is 26.1 Å². The van der Waals surface area contributed by atoms with E-state index in [4.69, 9.17) is 0 Å². The van der Waals surface area contributed by atoms with Gasteiger partial charge >= 0.3 is 0 Å². The number of hydrogen-bond acceptors (Lipinski definition) is 4. The lowest BCUT2D eigenvalue weighted by Crippen LogP contribution is -2.22. The summed E-state index contributed by atoms with van der Waals surface area (Å²) in [6, 6.07) is 4.31. The molecule has 2 heterocycles. The van der Waals surface area contributed by atoms with Gasteiger partial charge in [-0.1, -0.05) is 13.0 Å². The fraction of sp³-hybridized carbons (Fsp3) is 0.385. The van der Waals surface area contributed by atoms with E-state index in [9.17, 15) is 0 Å². The summed E-state index contributed by atoms with van der Waals surface area (Å²) in [4.78, 5) is 8.91. The molecule has 1 atom stereocenters. The maximum atomic E-state index is 4.56. The highest BCUT2D eigenvalue weighted by molar-refractivity contribution is 7.09. The Morgan fingerprint density at radius 2 is 2.18 bits per heavy atom. The Labute approximate surface area is 106 Å². The van der Waals surface area contributed by atoms with Crippen LogP contribution in [0.1, 0.15) is 34.9 Å². The number of nitrogens with one attached hydrogen (secondary N) is 1. The first kappa shape index (κ1) is 12.2. The molecule has 0 aliphatic carbocycles. The highest BCUT2D eigenvalue weighted by atomic mass is 32.1. The van der Waals surface area contributed by atoms with Gasteiger partial charge in [0, 0.05) is 17.3 Å². The van der Waals surface area contributed by atoms with Crippen LogP contribution in [-0.4, -0.2) is 16.5 Å². The molecule has 1 unspecified atom stereocenters. The van der Waals surface area contributed by atoms with Crippen molar-refractivity contribution in [1.29, 1.82) is 0 Å². The molecule has 0 saturated carbocycles. The van der Waals surface area contributed by atoms with Crippen molar-refractivity contribution in [2.45, 2.75) is 26.8 Å². The summed E-state index contributed by atoms with van der Waals surface area (Å²) in [5, 5.41) is 6.67. The molecule has 0 spiro atoms. The third kappa shape index (κ3) is 2.90. The molecule has 0 aliphatic heterocycles. The molecule has 0 aliphatic rings. The van der Waals surface area contributed by atoms with Crippen LogP contribution in [0.4, 0.5) is 0 Å². The van der Waals surface area contributed by atoms with Crippen LogP contribution in [0.2, 0.25) is 0 Å². The van der Waals surface area contributed by atoms with Gasteiger partial charge in [0.05, 0.1) is 16.7 Å². The zero-order chi connectivity index (χ0) is 12.3. The minimum absolute atomic E-state index is 0.151. The second kappa shape index (κ2) is 5.38. The summed E-state index contributed by atoms with van der Waals surface area (Å²) in [6.45, 7) is 7.05. The zero-order valence-electron chi connectivity index (χ0n) is 10.4. The normalized spacial score (nSPS) is 12.6. The van der Waals surface area contributed by atoms with E-state index in [0.717, 1.165) is 22.9 Å². The van der Waals surface area contributed by atoms with Gasteiger partial charge in [-0.3, -0.25) is 4.98 Å². The number of aromatic nitrogens is 2. The molecule has 0 fully saturated rings. The lowest BCUT2D eigenvalue weighted by atomic mass is 10.1. The van der Waals surface area contributed by atoms with E-state index >= 15 is 0 Å². The number of pyridine rings is 1. The van der Waals surface area contributed by atoms with E-state index in [1.54, 1.807) is 11.3 Å². The minimum atomic E-state index is 0.151. The number of thiazole rings is 1. The van der Waals surface area contributed by atoms with Crippen LogP contribution in [0, 0.1) is 13.8 Å². The summed E-state index contributed by atoms with van der Waals surface area (Å²) in [5.41, 5.74) is 3.29. The summed E-state index contributed by atoms with van der Waals surface area (Å²) in [5.74, 6) is 0. The molecule has 0 aromatic carbocycles. The largest absolute Gasteiger partial charge is 0.305 e. The van der Waals surface area contributed by atoms with Crippen LogP contribution >= 0.6 is 11.3 Å². The molecule has 0 amide bonds. The fourth-order valence-electron chi connectivity index (χ4n) is 1.76. The average Bonchev–Trinajstić information content (AvgIpc) is 2.74. The van der Waals surface area contributed by atoms with E-state index in [2.05, 4.69) is 33.7 Å². The maximum absolute atomic E-state index is 4.56. The van der Waals surface area contributed by atoms with E-state index < -0.39 is 0 Å². The first-order chi connectivity index (χ1) is 8.20. The Morgan fingerprint density at radius 3 is 2.71 bits per heavy atom. The van der Waals surface area contributed by atoms with Gasteiger partial charge in [0.2, 0.25) is 0 Å². The third-order valence-corrected chi connectivity index (χ3v) is 3.40. The summed E-state index contributed by atoms with van der Waals surface area (Å²) in [7, 11) is 0. The maximum Gasteiger partial charge on any atom is 0.0898 e. The molecule has 3 nitrogen and oxygen atoms in total. The second-order valence-corrected chi connectivity index (χ2v) is 5.08. The molecule has 2 aromatic heterocycles. The van der Waals surface area contributed by atoms with Gasteiger partial charge in [-0.2, -0.15) is 0 Å². The standard InChI is InChI=1S/C13H17N3S/c1-4-14-13(12-8-17-10(3)16-12)11-6-5-9(2)15-7-11/h5-8,13-14H,4H2,1-3H3. The van der Waals surface area contributed by atoms with Crippen molar-refractivity contribution < 1.29 is 0 Å². The molecule has 2 aromatic rings. The van der Waals surface area contributed by atoms with Crippen LogP contribution in [-0.2, 0) is 0 Å². The molecule has 17 heavy (non-hydrogen) atoms. The molecule has 0 saturated heterocycles. The van der Waals surface area contributed by atoms with E-state index in [-0.39, 0.29) is 6.04 Å². The topological polar surface area (TPSA) is 37.8 Å². The first-order valence-electron chi connectivity index (χ1n) is 5.78. The lowest BCUT2D eigenvalue weighted by Gasteiger charge is -2.15. The Hall–Kier alpha value is -1.26. The predicted molar refractivity (Wildman–Crippen MR) is 71.3 cm³/mol. The lowest BCUT2D eigenvalue weighted by molar-refractivity contribution is 0.615. The van der Waals surface area contributed by atoms with Crippen LogP contribution in [0.3, 0.4) is 0 Å². The SMILES string of the molecule is CCNC(c1ccc(C)nc1)c1csc(C)n1. The quantitative estimate of drug-likeness (QED) is 0.902. The van der Waals surface area contributed by atoms with Crippen molar-refractivity contribution in [3.05, 3.63) is 45.7 Å². The van der Waals surface area contributed by atoms with Crippen LogP contribution in [0.5, 0.6) is 0 Å². The average molecular weight is 247 g/mol. The van der Waals surface area contributed by atoms with Gasteiger partial charge < -0.3 is 5.32 Å². The Balaban J connectivity index is 2.31. The van der Waals surface area contributed by atoms with Crippen molar-refractivity contribution >= 4 is 11.3 Å². The monoisotopic (exact) mass is 247 g/mol. The molecular formula is C13H17N3S. The van der Waals surface area contributed by atoms with Crippen LogP contribution < -0.4 is 5.32 Å². The second-order valence-electron chi connectivity index (χ2n) is 4.01. The molecule has 2 rings (SSSR count). The Kier molecular flexibility index (Phi) is 3.86. The predicted octanol–water partition coefficient (Wildman–Crippen LogP) is 2.85. The third-order valence-electron chi connectivity index (χ3n) is 2.61. The number of aryl methyl sites for hydroxylation is 2. The molecule has 0 bridgehead atoms. The Morgan fingerprint density at radius 1 is 1.35 bits per heavy atom. The van der Waals surface area contributed by atoms with Gasteiger partial charge in [-0.15, -0.1) is 11.3 Å². The van der Waals surface area contributed by atoms with Crippen molar-refractivity contribution in [3.8, 4) is 0 Å². The Bertz CT molecular complexity index is 476. The van der Waals surface area contributed by atoms with E-state index in [1.165, 1.54) is 5.56 Å². The van der Waals surface area contributed by atoms with Crippen molar-refractivity contribution in [2.75, 3.05) is 6.54 Å². The number of hydrogen-bond donors (Lipinski definition) is 1. The minimum Gasteiger partial charge on any atom is -0.305 e. The van der Waals surface area contributed by atoms with Gasteiger partial charge in [-0.25, -0.2) is 4.98 Å². The van der Waals surface area contributed by atoms with Gasteiger partial charge in [-0.05, 0) is 32.0 Å². The van der Waals surface area contributed by atoms with Crippen molar-refractivity contribution in [3.63, 3.8) is 0 Å². The number of rotatable bonds is 4. The van der Waals surface area contributed by atoms with E-state index in [0.29, 0.717) is 0 Å². The molecule has 4 heteroatoms. The zero-order valence-corrected chi connectivity index (χ0v) is 11.2. The van der Waals surface area contributed by atoms with Gasteiger partial charge in [0.15, 0.2) is 0 Å². The molecule has 0 radical (unpaired) electrons. The van der Waals surface area contributed by atoms with Crippen molar-refractivity contribution in [2.24, 2.45) is 0 Å². The fourth-order valence-corrected chi connectivity index (χ4v) is 2.40. The van der Waals surface area contributed by atoms with Crippen LogP contribution in [0.15, 0.2) is 23.7 Å². The molecule has 90 valence electrons. The summed E-state index contributed by atoms with van der Waals surface area (Å²) >= 11 is 1.68. The highest BCUT2D eigenvalue weighted by Crippen LogP contribution is 2.22. The summed E-state index contributed by atoms with van der Waals surface area (Å²) in [6.07, 6.45) is 1.93. The van der Waals surface area contributed by atoms with Crippen LogP contribution in [0.25, 0.3) is 0 Å². The highest BCUT2D eigenvalue weighted by Gasteiger charge is 2.15.